The quantitative estimate of drug-likeness (QED) is 0.527. The molecular weight excluding hydrogens is 402 g/mol. The molecule has 0 atom stereocenters. The number of anilines is 1. The summed E-state index contributed by atoms with van der Waals surface area (Å²) in [6, 6.07) is 16.0. The van der Waals surface area contributed by atoms with Crippen LogP contribution in [0.1, 0.15) is 24.0 Å². The molecule has 1 fully saturated rings. The van der Waals surface area contributed by atoms with Gasteiger partial charge in [-0.25, -0.2) is 0 Å². The second-order valence-electron chi connectivity index (χ2n) is 8.19. The first kappa shape index (κ1) is 20.1. The van der Waals surface area contributed by atoms with Gasteiger partial charge in [-0.3, -0.25) is 9.78 Å². The second kappa shape index (κ2) is 8.74. The van der Waals surface area contributed by atoms with Crippen molar-refractivity contribution in [2.24, 2.45) is 5.92 Å². The summed E-state index contributed by atoms with van der Waals surface area (Å²) in [5.74, 6) is 1.73. The minimum Gasteiger partial charge on any atom is -0.355 e. The number of hydrogen-bond donors (Lipinski definition) is 1. The van der Waals surface area contributed by atoms with Crippen LogP contribution in [0.25, 0.3) is 17.0 Å². The zero-order valence-corrected chi connectivity index (χ0v) is 18.0. The number of aryl methyl sites for hydroxylation is 1. The number of fused-ring (bicyclic) bond motifs is 1. The van der Waals surface area contributed by atoms with Crippen LogP contribution in [0.15, 0.2) is 60.9 Å². The number of amides is 1. The summed E-state index contributed by atoms with van der Waals surface area (Å²) >= 11 is 0. The Labute approximate surface area is 186 Å². The Kier molecular flexibility index (Phi) is 5.49. The maximum absolute atomic E-state index is 12.6. The number of carbonyl (C=O) groups is 1. The minimum atomic E-state index is 0.0182. The molecule has 1 aliphatic heterocycles. The lowest BCUT2D eigenvalue weighted by Gasteiger charge is -2.32. The van der Waals surface area contributed by atoms with Gasteiger partial charge in [-0.05, 0) is 43.5 Å². The van der Waals surface area contributed by atoms with Gasteiger partial charge in [-0.15, -0.1) is 15.3 Å². The van der Waals surface area contributed by atoms with Gasteiger partial charge >= 0.3 is 0 Å². The highest BCUT2D eigenvalue weighted by Gasteiger charge is 2.26. The topological polar surface area (TPSA) is 88.3 Å². The first-order chi connectivity index (χ1) is 15.7. The van der Waals surface area contributed by atoms with E-state index in [0.29, 0.717) is 12.2 Å². The van der Waals surface area contributed by atoms with Crippen LogP contribution in [0.5, 0.6) is 0 Å². The standard InChI is InChI=1S/C24H25N7O/c1-17-4-6-19(7-5-17)23-28-27-21-8-9-22(29-31(21)23)30-13-10-20(11-14-30)24(32)26-16-18-3-2-12-25-15-18/h2-9,12,15,20H,10-11,13-14,16H2,1H3,(H,26,32). The van der Waals surface area contributed by atoms with Gasteiger partial charge in [0.1, 0.15) is 5.82 Å². The van der Waals surface area contributed by atoms with Crippen molar-refractivity contribution in [2.45, 2.75) is 26.3 Å². The number of nitrogens with zero attached hydrogens (tertiary/aromatic N) is 6. The molecule has 0 radical (unpaired) electrons. The van der Waals surface area contributed by atoms with E-state index in [1.807, 2.05) is 36.4 Å². The van der Waals surface area contributed by atoms with Gasteiger partial charge in [0.05, 0.1) is 0 Å². The molecule has 1 N–H and O–H groups in total. The third-order valence-corrected chi connectivity index (χ3v) is 5.94. The van der Waals surface area contributed by atoms with E-state index in [0.717, 1.165) is 48.7 Å². The van der Waals surface area contributed by atoms with Gasteiger partial charge in [0.2, 0.25) is 5.91 Å². The molecule has 162 valence electrons. The molecule has 1 aliphatic rings. The smallest absolute Gasteiger partial charge is 0.223 e. The van der Waals surface area contributed by atoms with Crippen molar-refractivity contribution < 1.29 is 4.79 Å². The number of rotatable bonds is 5. The number of hydrogen-bond acceptors (Lipinski definition) is 6. The molecule has 0 saturated carbocycles. The molecule has 1 amide bonds. The van der Waals surface area contributed by atoms with Gasteiger partial charge in [-0.1, -0.05) is 35.9 Å². The lowest BCUT2D eigenvalue weighted by atomic mass is 9.96. The minimum absolute atomic E-state index is 0.0182. The van der Waals surface area contributed by atoms with E-state index in [1.54, 1.807) is 16.9 Å². The molecule has 32 heavy (non-hydrogen) atoms. The predicted octanol–water partition coefficient (Wildman–Crippen LogP) is 3.03. The van der Waals surface area contributed by atoms with Crippen molar-refractivity contribution in [3.8, 4) is 11.4 Å². The normalized spacial score (nSPS) is 14.6. The fourth-order valence-corrected chi connectivity index (χ4v) is 4.04. The highest BCUT2D eigenvalue weighted by Crippen LogP contribution is 2.24. The molecule has 0 unspecified atom stereocenters. The van der Waals surface area contributed by atoms with Crippen LogP contribution in [-0.2, 0) is 11.3 Å². The maximum Gasteiger partial charge on any atom is 0.223 e. The van der Waals surface area contributed by atoms with E-state index in [9.17, 15) is 4.79 Å². The summed E-state index contributed by atoms with van der Waals surface area (Å²) in [6.45, 7) is 4.14. The molecular formula is C24H25N7O. The number of benzene rings is 1. The summed E-state index contributed by atoms with van der Waals surface area (Å²) < 4.78 is 1.80. The van der Waals surface area contributed by atoms with Crippen LogP contribution in [0.3, 0.4) is 0 Å². The van der Waals surface area contributed by atoms with Gasteiger partial charge in [0.15, 0.2) is 11.5 Å². The van der Waals surface area contributed by atoms with Crippen LogP contribution in [0.4, 0.5) is 5.82 Å². The first-order valence-electron chi connectivity index (χ1n) is 10.9. The third-order valence-electron chi connectivity index (χ3n) is 5.94. The van der Waals surface area contributed by atoms with Crippen molar-refractivity contribution in [3.63, 3.8) is 0 Å². The number of pyridine rings is 1. The van der Waals surface area contributed by atoms with Crippen LogP contribution in [0.2, 0.25) is 0 Å². The summed E-state index contributed by atoms with van der Waals surface area (Å²) in [5, 5.41) is 16.4. The largest absolute Gasteiger partial charge is 0.355 e. The molecule has 8 nitrogen and oxygen atoms in total. The second-order valence-corrected chi connectivity index (χ2v) is 8.19. The number of piperidine rings is 1. The lowest BCUT2D eigenvalue weighted by Crippen LogP contribution is -2.40. The van der Waals surface area contributed by atoms with Crippen molar-refractivity contribution in [2.75, 3.05) is 18.0 Å². The SMILES string of the molecule is Cc1ccc(-c2nnc3ccc(N4CCC(C(=O)NCc5cccnc5)CC4)nn23)cc1. The van der Waals surface area contributed by atoms with Crippen LogP contribution >= 0.6 is 0 Å². The Morgan fingerprint density at radius 3 is 2.62 bits per heavy atom. The maximum atomic E-state index is 12.6. The average Bonchev–Trinajstić information content (AvgIpc) is 3.27. The van der Waals surface area contributed by atoms with E-state index >= 15 is 0 Å². The Morgan fingerprint density at radius 1 is 1.06 bits per heavy atom. The predicted molar refractivity (Wildman–Crippen MR) is 122 cm³/mol. The van der Waals surface area contributed by atoms with Gasteiger partial charge < -0.3 is 10.2 Å². The Balaban J connectivity index is 1.25. The monoisotopic (exact) mass is 427 g/mol. The van der Waals surface area contributed by atoms with E-state index in [2.05, 4.69) is 44.5 Å². The zero-order valence-electron chi connectivity index (χ0n) is 18.0. The third kappa shape index (κ3) is 4.16. The molecule has 0 spiro atoms. The van der Waals surface area contributed by atoms with E-state index in [-0.39, 0.29) is 11.8 Å². The Hall–Kier alpha value is -3.81. The van der Waals surface area contributed by atoms with Crippen molar-refractivity contribution in [3.05, 3.63) is 72.1 Å². The molecule has 0 bridgehead atoms. The Morgan fingerprint density at radius 2 is 1.88 bits per heavy atom. The highest BCUT2D eigenvalue weighted by molar-refractivity contribution is 5.79. The van der Waals surface area contributed by atoms with E-state index in [1.165, 1.54) is 5.56 Å². The summed E-state index contributed by atoms with van der Waals surface area (Å²) in [4.78, 5) is 18.9. The van der Waals surface area contributed by atoms with E-state index < -0.39 is 0 Å². The molecule has 4 aromatic rings. The number of nitrogens with one attached hydrogen (secondary N) is 1. The zero-order chi connectivity index (χ0) is 21.9. The van der Waals surface area contributed by atoms with Gasteiger partial charge in [0.25, 0.3) is 0 Å². The average molecular weight is 428 g/mol. The van der Waals surface area contributed by atoms with Crippen LogP contribution in [0, 0.1) is 12.8 Å². The molecule has 1 saturated heterocycles. The van der Waals surface area contributed by atoms with Crippen molar-refractivity contribution in [1.82, 2.24) is 30.1 Å². The first-order valence-corrected chi connectivity index (χ1v) is 10.9. The fraction of sp³-hybridized carbons (Fsp3) is 0.292. The molecule has 4 heterocycles. The van der Waals surface area contributed by atoms with Crippen molar-refractivity contribution in [1.29, 1.82) is 0 Å². The summed E-state index contributed by atoms with van der Waals surface area (Å²) in [7, 11) is 0. The van der Waals surface area contributed by atoms with Gasteiger partial charge in [-0.2, -0.15) is 4.52 Å². The summed E-state index contributed by atoms with van der Waals surface area (Å²) in [5.41, 5.74) is 3.91. The molecule has 8 heteroatoms. The molecule has 3 aromatic heterocycles. The summed E-state index contributed by atoms with van der Waals surface area (Å²) in [6.07, 6.45) is 5.10. The lowest BCUT2D eigenvalue weighted by molar-refractivity contribution is -0.125. The van der Waals surface area contributed by atoms with Crippen molar-refractivity contribution >= 4 is 17.4 Å². The van der Waals surface area contributed by atoms with E-state index in [4.69, 9.17) is 5.10 Å². The van der Waals surface area contributed by atoms with Gasteiger partial charge in [0, 0.05) is 43.5 Å². The molecule has 5 rings (SSSR count). The Bertz CT molecular complexity index is 1210. The fourth-order valence-electron chi connectivity index (χ4n) is 4.04. The number of carbonyl (C=O) groups excluding carboxylic acids is 1. The van der Waals surface area contributed by atoms with Crippen LogP contribution in [-0.4, -0.2) is 43.8 Å². The molecule has 1 aromatic carbocycles. The highest BCUT2D eigenvalue weighted by atomic mass is 16.1. The number of aromatic nitrogens is 5. The molecule has 0 aliphatic carbocycles. The van der Waals surface area contributed by atoms with Crippen LogP contribution < -0.4 is 10.2 Å².